The number of nitrogens with zero attached hydrogens (tertiary/aromatic N) is 3. The second-order valence-corrected chi connectivity index (χ2v) is 3.59. The van der Waals surface area contributed by atoms with Crippen LogP contribution in [0.4, 0.5) is 5.95 Å². The Hall–Kier alpha value is -0.710. The highest BCUT2D eigenvalue weighted by Gasteiger charge is 2.28. The van der Waals surface area contributed by atoms with E-state index >= 15 is 0 Å². The lowest BCUT2D eigenvalue weighted by Crippen LogP contribution is -2.02. The summed E-state index contributed by atoms with van der Waals surface area (Å²) >= 11 is 3.34. The Labute approximate surface area is 78.9 Å². The molecule has 0 amide bonds. The average Bonchev–Trinajstić information content (AvgIpc) is 2.88. The van der Waals surface area contributed by atoms with E-state index in [1.165, 1.54) is 12.8 Å². The van der Waals surface area contributed by atoms with E-state index < -0.39 is 0 Å². The van der Waals surface area contributed by atoms with Crippen molar-refractivity contribution in [1.29, 1.82) is 0 Å². The van der Waals surface area contributed by atoms with Crippen molar-refractivity contribution in [3.05, 3.63) is 10.3 Å². The van der Waals surface area contributed by atoms with Crippen molar-refractivity contribution < 1.29 is 0 Å². The van der Waals surface area contributed by atoms with Crippen LogP contribution in [0.15, 0.2) is 4.60 Å². The predicted molar refractivity (Wildman–Crippen MR) is 49.0 cm³/mol. The van der Waals surface area contributed by atoms with Gasteiger partial charge >= 0.3 is 0 Å². The fraction of sp³-hybridized carbons (Fsp3) is 0.571. The molecule has 4 nitrogen and oxygen atoms in total. The maximum absolute atomic E-state index is 4.32. The Morgan fingerprint density at radius 2 is 2.17 bits per heavy atom. The van der Waals surface area contributed by atoms with E-state index in [1.807, 2.05) is 0 Å². The van der Waals surface area contributed by atoms with Crippen LogP contribution in [-0.2, 0) is 0 Å². The monoisotopic (exact) mass is 228 g/mol. The molecule has 12 heavy (non-hydrogen) atoms. The summed E-state index contributed by atoms with van der Waals surface area (Å²) in [5.74, 6) is 1.20. The first kappa shape index (κ1) is 7.91. The third-order valence-electron chi connectivity index (χ3n) is 1.86. The van der Waals surface area contributed by atoms with Crippen LogP contribution < -0.4 is 5.32 Å². The maximum atomic E-state index is 4.32. The average molecular weight is 229 g/mol. The van der Waals surface area contributed by atoms with Crippen molar-refractivity contribution in [2.45, 2.75) is 18.8 Å². The molecule has 1 aliphatic rings. The van der Waals surface area contributed by atoms with Gasteiger partial charge < -0.3 is 5.32 Å². The van der Waals surface area contributed by atoms with Crippen LogP contribution in [0.3, 0.4) is 0 Å². The molecule has 0 unspecified atom stereocenters. The summed E-state index contributed by atoms with van der Waals surface area (Å²) in [5, 5.41) is 10.7. The van der Waals surface area contributed by atoms with Gasteiger partial charge in [-0.15, -0.1) is 10.2 Å². The Balaban J connectivity index is 2.36. The highest BCUT2D eigenvalue weighted by atomic mass is 79.9. The van der Waals surface area contributed by atoms with E-state index in [-0.39, 0.29) is 0 Å². The van der Waals surface area contributed by atoms with Gasteiger partial charge in [0.1, 0.15) is 0 Å². The molecule has 1 saturated carbocycles. The number of hydrogen-bond donors (Lipinski definition) is 1. The summed E-state index contributed by atoms with van der Waals surface area (Å²) in [6.45, 7) is 0. The van der Waals surface area contributed by atoms with Gasteiger partial charge in [-0.1, -0.05) is 0 Å². The van der Waals surface area contributed by atoms with E-state index in [2.05, 4.69) is 36.4 Å². The molecule has 1 aliphatic carbocycles. The van der Waals surface area contributed by atoms with E-state index in [0.717, 1.165) is 10.3 Å². The minimum atomic E-state index is 0.597. The van der Waals surface area contributed by atoms with E-state index in [9.17, 15) is 0 Å². The van der Waals surface area contributed by atoms with E-state index in [0.29, 0.717) is 11.9 Å². The fourth-order valence-electron chi connectivity index (χ4n) is 1.05. The quantitative estimate of drug-likeness (QED) is 0.835. The molecule has 0 saturated heterocycles. The molecule has 1 fully saturated rings. The van der Waals surface area contributed by atoms with Crippen molar-refractivity contribution in [3.63, 3.8) is 0 Å². The molecular weight excluding hydrogens is 220 g/mol. The first-order chi connectivity index (χ1) is 5.81. The Morgan fingerprint density at radius 3 is 2.75 bits per heavy atom. The number of rotatable bonds is 2. The molecule has 64 valence electrons. The molecule has 1 aromatic heterocycles. The van der Waals surface area contributed by atoms with Gasteiger partial charge in [0.05, 0.1) is 5.69 Å². The summed E-state index contributed by atoms with van der Waals surface area (Å²) < 4.78 is 0.781. The first-order valence-corrected chi connectivity index (χ1v) is 4.68. The highest BCUT2D eigenvalue weighted by molar-refractivity contribution is 9.10. The number of halogens is 1. The topological polar surface area (TPSA) is 50.7 Å². The smallest absolute Gasteiger partial charge is 0.242 e. The zero-order valence-corrected chi connectivity index (χ0v) is 8.30. The molecule has 0 bridgehead atoms. The summed E-state index contributed by atoms with van der Waals surface area (Å²) in [6.07, 6.45) is 2.45. The summed E-state index contributed by atoms with van der Waals surface area (Å²) in [5.41, 5.74) is 1.04. The van der Waals surface area contributed by atoms with Gasteiger partial charge in [-0.05, 0) is 28.8 Å². The molecule has 2 rings (SSSR count). The summed E-state index contributed by atoms with van der Waals surface area (Å²) in [6, 6.07) is 0. The zero-order valence-electron chi connectivity index (χ0n) is 6.71. The van der Waals surface area contributed by atoms with Gasteiger partial charge in [-0.3, -0.25) is 0 Å². The third kappa shape index (κ3) is 1.41. The minimum absolute atomic E-state index is 0.597. The van der Waals surface area contributed by atoms with E-state index in [4.69, 9.17) is 0 Å². The second kappa shape index (κ2) is 2.97. The van der Waals surface area contributed by atoms with Gasteiger partial charge in [0.15, 0.2) is 4.60 Å². The fourth-order valence-corrected chi connectivity index (χ4v) is 1.54. The lowest BCUT2D eigenvalue weighted by molar-refractivity contribution is 0.875. The van der Waals surface area contributed by atoms with Gasteiger partial charge in [-0.2, -0.15) is 0 Å². The minimum Gasteiger partial charge on any atom is -0.356 e. The lowest BCUT2D eigenvalue weighted by Gasteiger charge is -2.01. The van der Waals surface area contributed by atoms with Crippen molar-refractivity contribution >= 4 is 21.9 Å². The normalized spacial score (nSPS) is 16.2. The molecule has 5 heteroatoms. The van der Waals surface area contributed by atoms with Gasteiger partial charge in [0.2, 0.25) is 5.95 Å². The van der Waals surface area contributed by atoms with Crippen LogP contribution in [0.25, 0.3) is 0 Å². The Kier molecular flexibility index (Phi) is 1.96. The molecule has 0 atom stereocenters. The van der Waals surface area contributed by atoms with Crippen LogP contribution >= 0.6 is 15.9 Å². The molecule has 1 aromatic rings. The van der Waals surface area contributed by atoms with Crippen LogP contribution in [-0.4, -0.2) is 22.2 Å². The van der Waals surface area contributed by atoms with Crippen LogP contribution in [0.5, 0.6) is 0 Å². The summed E-state index contributed by atoms with van der Waals surface area (Å²) in [4.78, 5) is 4.32. The van der Waals surface area contributed by atoms with Crippen molar-refractivity contribution in [1.82, 2.24) is 15.2 Å². The highest BCUT2D eigenvalue weighted by Crippen LogP contribution is 2.41. The van der Waals surface area contributed by atoms with Crippen LogP contribution in [0.2, 0.25) is 0 Å². The largest absolute Gasteiger partial charge is 0.356 e. The SMILES string of the molecule is CNc1nnc(Br)c(C2CC2)n1. The van der Waals surface area contributed by atoms with Gasteiger partial charge in [-0.25, -0.2) is 4.98 Å². The lowest BCUT2D eigenvalue weighted by atomic mass is 10.3. The Bertz CT molecular complexity index is 297. The Morgan fingerprint density at radius 1 is 1.42 bits per heavy atom. The molecule has 0 radical (unpaired) electrons. The molecular formula is C7H9BrN4. The zero-order chi connectivity index (χ0) is 8.55. The molecule has 1 heterocycles. The standard InChI is InChI=1S/C7H9BrN4/c1-9-7-10-5(4-2-3-4)6(8)11-12-7/h4H,2-3H2,1H3,(H,9,10,12). The maximum Gasteiger partial charge on any atom is 0.242 e. The summed E-state index contributed by atoms with van der Waals surface area (Å²) in [7, 11) is 1.79. The van der Waals surface area contributed by atoms with Crippen molar-refractivity contribution in [3.8, 4) is 0 Å². The molecule has 0 aromatic carbocycles. The number of aromatic nitrogens is 3. The van der Waals surface area contributed by atoms with Gasteiger partial charge in [0.25, 0.3) is 0 Å². The second-order valence-electron chi connectivity index (χ2n) is 2.84. The van der Waals surface area contributed by atoms with Crippen molar-refractivity contribution in [2.75, 3.05) is 12.4 Å². The van der Waals surface area contributed by atoms with Gasteiger partial charge in [0, 0.05) is 13.0 Å². The molecule has 1 N–H and O–H groups in total. The van der Waals surface area contributed by atoms with E-state index in [1.54, 1.807) is 7.05 Å². The third-order valence-corrected chi connectivity index (χ3v) is 2.42. The number of hydrogen-bond acceptors (Lipinski definition) is 4. The van der Waals surface area contributed by atoms with Crippen LogP contribution in [0, 0.1) is 0 Å². The molecule has 0 aliphatic heterocycles. The number of anilines is 1. The predicted octanol–water partition coefficient (Wildman–Crippen LogP) is 1.55. The first-order valence-electron chi connectivity index (χ1n) is 3.89. The van der Waals surface area contributed by atoms with Crippen LogP contribution in [0.1, 0.15) is 24.5 Å². The van der Waals surface area contributed by atoms with Crippen molar-refractivity contribution in [2.24, 2.45) is 0 Å². The molecule has 0 spiro atoms. The number of nitrogens with one attached hydrogen (secondary N) is 1.